The van der Waals surface area contributed by atoms with Crippen LogP contribution >= 0.6 is 0 Å². The summed E-state index contributed by atoms with van der Waals surface area (Å²) in [7, 11) is 0. The summed E-state index contributed by atoms with van der Waals surface area (Å²) in [5.41, 5.74) is 4.94. The fraction of sp³-hybridized carbons (Fsp3) is 0.182. The van der Waals surface area contributed by atoms with E-state index in [1.807, 2.05) is 78.9 Å². The summed E-state index contributed by atoms with van der Waals surface area (Å²) in [5.74, 6) is -2.59. The van der Waals surface area contributed by atoms with Crippen LogP contribution < -0.4 is 10.6 Å². The molecule has 2 amide bonds. The zero-order valence-electron chi connectivity index (χ0n) is 22.8. The number of carboxylic acids is 1. The summed E-state index contributed by atoms with van der Waals surface area (Å²) in [6.07, 6.45) is -1.59. The van der Waals surface area contributed by atoms with Crippen molar-refractivity contribution < 1.29 is 34.1 Å². The summed E-state index contributed by atoms with van der Waals surface area (Å²) in [6, 6.07) is 27.8. The van der Waals surface area contributed by atoms with E-state index >= 15 is 0 Å². The predicted molar refractivity (Wildman–Crippen MR) is 156 cm³/mol. The number of carbonyl (C=O) groups is 3. The molecule has 5 rings (SSSR count). The lowest BCUT2D eigenvalue weighted by Crippen LogP contribution is -2.51. The molecule has 0 aromatic heterocycles. The Bertz CT molecular complexity index is 1560. The Kier molecular flexibility index (Phi) is 8.50. The molecule has 1 aliphatic rings. The van der Waals surface area contributed by atoms with Crippen molar-refractivity contribution >= 4 is 23.7 Å². The van der Waals surface area contributed by atoms with E-state index in [-0.39, 0.29) is 30.4 Å². The lowest BCUT2D eigenvalue weighted by molar-refractivity contribution is -0.121. The van der Waals surface area contributed by atoms with Gasteiger partial charge in [0, 0.05) is 11.6 Å². The largest absolute Gasteiger partial charge is 0.507 e. The molecule has 1 aliphatic carbocycles. The second-order valence-corrected chi connectivity index (χ2v) is 9.98. The number of anilines is 1. The molecule has 214 valence electrons. The van der Waals surface area contributed by atoms with E-state index in [0.717, 1.165) is 33.9 Å². The first-order valence-corrected chi connectivity index (χ1v) is 13.5. The number of phenols is 1. The van der Waals surface area contributed by atoms with E-state index < -0.39 is 35.9 Å². The van der Waals surface area contributed by atoms with Gasteiger partial charge < -0.3 is 30.3 Å². The highest BCUT2D eigenvalue weighted by Gasteiger charge is 2.32. The third-order valence-electron chi connectivity index (χ3n) is 7.22. The molecule has 0 unspecified atom stereocenters. The number of hydrogen-bond donors (Lipinski definition) is 4. The van der Waals surface area contributed by atoms with Crippen LogP contribution in [0.1, 0.15) is 39.9 Å². The number of carbonyl (C=O) groups excluding carboxylic acids is 2. The maximum absolute atomic E-state index is 13.4. The normalized spacial score (nSPS) is 13.4. The van der Waals surface area contributed by atoms with E-state index in [1.165, 1.54) is 12.1 Å². The van der Waals surface area contributed by atoms with Gasteiger partial charge >= 0.3 is 12.1 Å². The van der Waals surface area contributed by atoms with Crippen LogP contribution in [-0.2, 0) is 20.9 Å². The van der Waals surface area contributed by atoms with Crippen LogP contribution in [0.4, 0.5) is 10.5 Å². The van der Waals surface area contributed by atoms with Gasteiger partial charge in [0.1, 0.15) is 24.0 Å². The van der Waals surface area contributed by atoms with Gasteiger partial charge in [-0.05, 0) is 52.9 Å². The number of aromatic carboxylic acids is 1. The number of hydrogen-bond acceptors (Lipinski definition) is 6. The number of amides is 2. The van der Waals surface area contributed by atoms with Crippen LogP contribution in [0.2, 0.25) is 0 Å². The Hall–Kier alpha value is -5.15. The first-order valence-electron chi connectivity index (χ1n) is 13.5. The maximum Gasteiger partial charge on any atom is 0.407 e. The van der Waals surface area contributed by atoms with E-state index in [9.17, 15) is 24.6 Å². The Balaban J connectivity index is 1.30. The molecule has 0 saturated heterocycles. The van der Waals surface area contributed by atoms with E-state index in [2.05, 4.69) is 10.6 Å². The summed E-state index contributed by atoms with van der Waals surface area (Å²) < 4.78 is 11.6. The van der Waals surface area contributed by atoms with Gasteiger partial charge in [-0.1, -0.05) is 78.9 Å². The molecule has 0 heterocycles. The molecular weight excluding hydrogens is 536 g/mol. The number of benzene rings is 4. The monoisotopic (exact) mass is 566 g/mol. The van der Waals surface area contributed by atoms with Crippen LogP contribution in [-0.4, -0.2) is 46.9 Å². The van der Waals surface area contributed by atoms with E-state index in [0.29, 0.717) is 0 Å². The topological polar surface area (TPSA) is 134 Å². The lowest BCUT2D eigenvalue weighted by Gasteiger charge is -2.25. The van der Waals surface area contributed by atoms with Crippen molar-refractivity contribution in [2.75, 3.05) is 11.9 Å². The van der Waals surface area contributed by atoms with Gasteiger partial charge in [-0.2, -0.15) is 0 Å². The zero-order chi connectivity index (χ0) is 29.6. The number of nitrogens with one attached hydrogen (secondary N) is 2. The second-order valence-electron chi connectivity index (χ2n) is 9.98. The van der Waals surface area contributed by atoms with Gasteiger partial charge in [0.2, 0.25) is 5.91 Å². The number of carboxylic acid groups (broad SMARTS) is 1. The third kappa shape index (κ3) is 6.26. The van der Waals surface area contributed by atoms with E-state index in [1.54, 1.807) is 6.92 Å². The fourth-order valence-electron chi connectivity index (χ4n) is 5.07. The predicted octanol–water partition coefficient (Wildman–Crippen LogP) is 5.54. The molecule has 2 atom stereocenters. The average molecular weight is 567 g/mol. The minimum Gasteiger partial charge on any atom is -0.507 e. The first kappa shape index (κ1) is 28.4. The molecule has 0 bridgehead atoms. The highest BCUT2D eigenvalue weighted by molar-refractivity contribution is 5.99. The fourth-order valence-corrected chi connectivity index (χ4v) is 5.07. The van der Waals surface area contributed by atoms with Gasteiger partial charge in [0.05, 0.1) is 12.7 Å². The molecule has 0 fully saturated rings. The first-order chi connectivity index (χ1) is 20.3. The Morgan fingerprint density at radius 1 is 0.857 bits per heavy atom. The van der Waals surface area contributed by atoms with Crippen molar-refractivity contribution in [1.29, 1.82) is 0 Å². The standard InChI is InChI=1S/C33H30N2O7/c1-20(41-18-21-9-3-2-4-10-21)30(31(37)34-22-15-16-29(36)27(17-22)32(38)39)35-33(40)42-19-28-25-13-7-5-11-23(25)24-12-6-8-14-26(24)28/h2-17,20,28,30,36H,18-19H2,1H3,(H,34,37)(H,35,40)(H,38,39)/t20-,30+/m0/s1. The summed E-state index contributed by atoms with van der Waals surface area (Å²) in [6.45, 7) is 1.91. The maximum atomic E-state index is 13.4. The van der Waals surface area contributed by atoms with Crippen molar-refractivity contribution in [3.8, 4) is 16.9 Å². The summed E-state index contributed by atoms with van der Waals surface area (Å²) in [4.78, 5) is 37.9. The van der Waals surface area contributed by atoms with Gasteiger partial charge in [-0.25, -0.2) is 9.59 Å². The molecule has 0 radical (unpaired) electrons. The summed E-state index contributed by atoms with van der Waals surface area (Å²) >= 11 is 0. The van der Waals surface area contributed by atoms with Gasteiger partial charge in [-0.3, -0.25) is 4.79 Å². The Morgan fingerprint density at radius 2 is 1.48 bits per heavy atom. The molecule has 42 heavy (non-hydrogen) atoms. The molecule has 4 N–H and O–H groups in total. The zero-order valence-corrected chi connectivity index (χ0v) is 22.8. The van der Waals surface area contributed by atoms with Gasteiger partial charge in [0.15, 0.2) is 0 Å². The van der Waals surface area contributed by atoms with Crippen molar-refractivity contribution in [3.63, 3.8) is 0 Å². The Morgan fingerprint density at radius 3 is 2.12 bits per heavy atom. The molecule has 9 heteroatoms. The molecule has 0 saturated carbocycles. The summed E-state index contributed by atoms with van der Waals surface area (Å²) in [5, 5.41) is 24.4. The van der Waals surface area contributed by atoms with Crippen LogP contribution in [0.5, 0.6) is 5.75 Å². The molecule has 4 aromatic carbocycles. The number of aromatic hydroxyl groups is 1. The highest BCUT2D eigenvalue weighted by Crippen LogP contribution is 2.44. The van der Waals surface area contributed by atoms with E-state index in [4.69, 9.17) is 9.47 Å². The van der Waals surface area contributed by atoms with Gasteiger partial charge in [-0.15, -0.1) is 0 Å². The van der Waals surface area contributed by atoms with Crippen LogP contribution in [0, 0.1) is 0 Å². The smallest absolute Gasteiger partial charge is 0.407 e. The second kappa shape index (κ2) is 12.6. The van der Waals surface area contributed by atoms with Crippen LogP contribution in [0.25, 0.3) is 11.1 Å². The molecule has 0 aliphatic heterocycles. The molecule has 0 spiro atoms. The SMILES string of the molecule is C[C@H](OCc1ccccc1)[C@@H](NC(=O)OCC1c2ccccc2-c2ccccc21)C(=O)Nc1ccc(O)c(C(=O)O)c1. The average Bonchev–Trinajstić information content (AvgIpc) is 3.32. The van der Waals surface area contributed by atoms with Gasteiger partial charge in [0.25, 0.3) is 0 Å². The number of ether oxygens (including phenoxy) is 2. The molecule has 9 nitrogen and oxygen atoms in total. The third-order valence-corrected chi connectivity index (χ3v) is 7.22. The number of alkyl carbamates (subject to hydrolysis) is 1. The van der Waals surface area contributed by atoms with Crippen LogP contribution in [0.15, 0.2) is 97.1 Å². The Labute approximate surface area is 242 Å². The van der Waals surface area contributed by atoms with Crippen molar-refractivity contribution in [2.45, 2.75) is 31.6 Å². The molecule has 4 aromatic rings. The number of fused-ring (bicyclic) bond motifs is 3. The minimum atomic E-state index is -1.35. The van der Waals surface area contributed by atoms with Crippen molar-refractivity contribution in [2.24, 2.45) is 0 Å². The van der Waals surface area contributed by atoms with Crippen molar-refractivity contribution in [1.82, 2.24) is 5.32 Å². The number of rotatable bonds is 10. The van der Waals surface area contributed by atoms with Crippen LogP contribution in [0.3, 0.4) is 0 Å². The van der Waals surface area contributed by atoms with Crippen molar-refractivity contribution in [3.05, 3.63) is 119 Å². The highest BCUT2D eigenvalue weighted by atomic mass is 16.5. The quantitative estimate of drug-likeness (QED) is 0.185. The lowest BCUT2D eigenvalue weighted by atomic mass is 9.98. The molecular formula is C33H30N2O7. The minimum absolute atomic E-state index is 0.0629.